The minimum absolute atomic E-state index is 0.00194. The lowest BCUT2D eigenvalue weighted by Crippen LogP contribution is -2.74. The molecule has 1 spiro atoms. The predicted molar refractivity (Wildman–Crippen MR) is 71.6 cm³/mol. The van der Waals surface area contributed by atoms with E-state index in [0.717, 1.165) is 25.7 Å². The average Bonchev–Trinajstić information content (AvgIpc) is 2.83. The molecule has 1 aliphatic heterocycles. The van der Waals surface area contributed by atoms with Crippen LogP contribution >= 0.6 is 0 Å². The number of hydrogen-bond donors (Lipinski definition) is 1. The molecular formula is C14H24N2O3. The molecule has 2 aliphatic rings. The quantitative estimate of drug-likeness (QED) is 0.833. The second-order valence-corrected chi connectivity index (χ2v) is 6.28. The normalized spacial score (nSPS) is 26.6. The summed E-state index contributed by atoms with van der Waals surface area (Å²) in [6.07, 6.45) is 3.45. The molecule has 108 valence electrons. The van der Waals surface area contributed by atoms with Crippen LogP contribution in [0.25, 0.3) is 0 Å². The Balaban J connectivity index is 2.34. The molecule has 1 aliphatic carbocycles. The number of ether oxygens (including phenoxy) is 1. The van der Waals surface area contributed by atoms with Gasteiger partial charge in [0.05, 0.1) is 6.10 Å². The van der Waals surface area contributed by atoms with Gasteiger partial charge in [-0.15, -0.1) is 0 Å². The van der Waals surface area contributed by atoms with E-state index in [0.29, 0.717) is 6.54 Å². The highest BCUT2D eigenvalue weighted by Gasteiger charge is 2.56. The van der Waals surface area contributed by atoms with Crippen molar-refractivity contribution < 1.29 is 14.3 Å². The van der Waals surface area contributed by atoms with Crippen molar-refractivity contribution in [1.82, 2.24) is 10.2 Å². The summed E-state index contributed by atoms with van der Waals surface area (Å²) in [5.41, 5.74) is -1.46. The van der Waals surface area contributed by atoms with Gasteiger partial charge < -0.3 is 15.0 Å². The van der Waals surface area contributed by atoms with Crippen molar-refractivity contribution in [3.63, 3.8) is 0 Å². The summed E-state index contributed by atoms with van der Waals surface area (Å²) in [6.45, 7) is 5.93. The van der Waals surface area contributed by atoms with Crippen LogP contribution in [0.5, 0.6) is 0 Å². The second-order valence-electron chi connectivity index (χ2n) is 6.28. The first-order valence-electron chi connectivity index (χ1n) is 7.01. The number of rotatable bonds is 3. The van der Waals surface area contributed by atoms with Crippen molar-refractivity contribution in [3.05, 3.63) is 0 Å². The van der Waals surface area contributed by atoms with Crippen LogP contribution in [-0.4, -0.2) is 47.6 Å². The number of amides is 2. The van der Waals surface area contributed by atoms with Crippen LogP contribution in [0.3, 0.4) is 0 Å². The SMILES string of the molecule is COC(C)CN1C(=O)C(C)(C)NC(=O)C12CCCC2. The molecule has 2 fully saturated rings. The maximum Gasteiger partial charge on any atom is 0.248 e. The van der Waals surface area contributed by atoms with Crippen molar-refractivity contribution in [1.29, 1.82) is 0 Å². The van der Waals surface area contributed by atoms with E-state index < -0.39 is 11.1 Å². The Hall–Kier alpha value is -1.10. The van der Waals surface area contributed by atoms with Crippen LogP contribution in [0.15, 0.2) is 0 Å². The topological polar surface area (TPSA) is 58.6 Å². The summed E-state index contributed by atoms with van der Waals surface area (Å²) >= 11 is 0. The summed E-state index contributed by atoms with van der Waals surface area (Å²) < 4.78 is 5.28. The van der Waals surface area contributed by atoms with Gasteiger partial charge in [0.15, 0.2) is 0 Å². The van der Waals surface area contributed by atoms with Crippen molar-refractivity contribution in [2.24, 2.45) is 0 Å². The molecule has 0 aromatic rings. The van der Waals surface area contributed by atoms with E-state index in [2.05, 4.69) is 5.32 Å². The number of carbonyl (C=O) groups is 2. The molecule has 0 aromatic carbocycles. The predicted octanol–water partition coefficient (Wildman–Crippen LogP) is 1.07. The van der Waals surface area contributed by atoms with Gasteiger partial charge in [0.25, 0.3) is 0 Å². The summed E-state index contributed by atoms with van der Waals surface area (Å²) in [5, 5.41) is 2.89. The van der Waals surface area contributed by atoms with Crippen LogP contribution in [0.1, 0.15) is 46.5 Å². The Labute approximate surface area is 114 Å². The maximum atomic E-state index is 12.7. The van der Waals surface area contributed by atoms with E-state index in [4.69, 9.17) is 4.74 Å². The fourth-order valence-corrected chi connectivity index (χ4v) is 3.15. The van der Waals surface area contributed by atoms with Gasteiger partial charge in [0.2, 0.25) is 11.8 Å². The molecule has 19 heavy (non-hydrogen) atoms. The van der Waals surface area contributed by atoms with Gasteiger partial charge in [-0.1, -0.05) is 12.8 Å². The van der Waals surface area contributed by atoms with E-state index in [9.17, 15) is 9.59 Å². The zero-order valence-electron chi connectivity index (χ0n) is 12.3. The highest BCUT2D eigenvalue weighted by Crippen LogP contribution is 2.39. The highest BCUT2D eigenvalue weighted by molar-refractivity contribution is 6.02. The molecule has 1 atom stereocenters. The summed E-state index contributed by atoms with van der Waals surface area (Å²) in [4.78, 5) is 26.9. The molecule has 1 heterocycles. The molecule has 1 saturated carbocycles. The van der Waals surface area contributed by atoms with E-state index in [1.807, 2.05) is 6.92 Å². The smallest absolute Gasteiger partial charge is 0.248 e. The zero-order chi connectivity index (χ0) is 14.3. The van der Waals surface area contributed by atoms with Crippen LogP contribution in [0.4, 0.5) is 0 Å². The fourth-order valence-electron chi connectivity index (χ4n) is 3.15. The van der Waals surface area contributed by atoms with Gasteiger partial charge in [-0.05, 0) is 33.6 Å². The van der Waals surface area contributed by atoms with Crippen LogP contribution in [0, 0.1) is 0 Å². The second kappa shape index (κ2) is 4.78. The molecular weight excluding hydrogens is 244 g/mol. The van der Waals surface area contributed by atoms with Crippen LogP contribution in [-0.2, 0) is 14.3 Å². The number of methoxy groups -OCH3 is 1. The van der Waals surface area contributed by atoms with E-state index in [1.54, 1.807) is 25.9 Å². The lowest BCUT2D eigenvalue weighted by Gasteiger charge is -2.49. The third kappa shape index (κ3) is 2.24. The summed E-state index contributed by atoms with van der Waals surface area (Å²) in [5.74, 6) is -0.00389. The molecule has 2 amide bonds. The van der Waals surface area contributed by atoms with Crippen molar-refractivity contribution in [2.75, 3.05) is 13.7 Å². The number of piperazine rings is 1. The van der Waals surface area contributed by atoms with Crippen molar-refractivity contribution >= 4 is 11.8 Å². The van der Waals surface area contributed by atoms with Gasteiger partial charge in [-0.2, -0.15) is 0 Å². The average molecular weight is 268 g/mol. The Morgan fingerprint density at radius 1 is 1.32 bits per heavy atom. The van der Waals surface area contributed by atoms with E-state index in [-0.39, 0.29) is 17.9 Å². The minimum Gasteiger partial charge on any atom is -0.380 e. The zero-order valence-corrected chi connectivity index (χ0v) is 12.3. The number of carbonyl (C=O) groups excluding carboxylic acids is 2. The number of hydrogen-bond acceptors (Lipinski definition) is 3. The molecule has 0 aromatic heterocycles. The lowest BCUT2D eigenvalue weighted by molar-refractivity contribution is -0.163. The summed E-state index contributed by atoms with van der Waals surface area (Å²) in [6, 6.07) is 0. The summed E-state index contributed by atoms with van der Waals surface area (Å²) in [7, 11) is 1.63. The molecule has 2 rings (SSSR count). The highest BCUT2D eigenvalue weighted by atomic mass is 16.5. The molecule has 1 saturated heterocycles. The fraction of sp³-hybridized carbons (Fsp3) is 0.857. The van der Waals surface area contributed by atoms with Gasteiger partial charge in [-0.25, -0.2) is 0 Å². The van der Waals surface area contributed by atoms with Gasteiger partial charge in [0, 0.05) is 13.7 Å². The Morgan fingerprint density at radius 3 is 2.42 bits per heavy atom. The minimum atomic E-state index is -0.821. The number of nitrogens with one attached hydrogen (secondary N) is 1. The molecule has 0 bridgehead atoms. The van der Waals surface area contributed by atoms with Crippen molar-refractivity contribution in [3.8, 4) is 0 Å². The standard InChI is InChI=1S/C14H24N2O3/c1-10(19-4)9-16-12(18)13(2,3)15-11(17)14(16)7-5-6-8-14/h10H,5-9H2,1-4H3,(H,15,17). The first-order chi connectivity index (χ1) is 8.83. The third-order valence-corrected chi connectivity index (χ3v) is 4.42. The molecule has 5 heteroatoms. The van der Waals surface area contributed by atoms with Crippen molar-refractivity contribution in [2.45, 2.75) is 63.6 Å². The monoisotopic (exact) mass is 268 g/mol. The largest absolute Gasteiger partial charge is 0.380 e. The first-order valence-corrected chi connectivity index (χ1v) is 7.01. The number of nitrogens with zero attached hydrogens (tertiary/aromatic N) is 1. The first kappa shape index (κ1) is 14.3. The maximum absolute atomic E-state index is 12.7. The van der Waals surface area contributed by atoms with Crippen LogP contribution in [0.2, 0.25) is 0 Å². The molecule has 1 N–H and O–H groups in total. The Bertz CT molecular complexity index is 386. The Kier molecular flexibility index (Phi) is 3.60. The van der Waals surface area contributed by atoms with Crippen LogP contribution < -0.4 is 5.32 Å². The van der Waals surface area contributed by atoms with Gasteiger partial charge in [0.1, 0.15) is 11.1 Å². The third-order valence-electron chi connectivity index (χ3n) is 4.42. The molecule has 1 unspecified atom stereocenters. The molecule has 0 radical (unpaired) electrons. The molecule has 5 nitrogen and oxygen atoms in total. The van der Waals surface area contributed by atoms with Gasteiger partial charge in [-0.3, -0.25) is 9.59 Å². The van der Waals surface area contributed by atoms with E-state index >= 15 is 0 Å². The van der Waals surface area contributed by atoms with Gasteiger partial charge >= 0.3 is 0 Å². The van der Waals surface area contributed by atoms with E-state index in [1.165, 1.54) is 0 Å². The lowest BCUT2D eigenvalue weighted by atomic mass is 9.85. The Morgan fingerprint density at radius 2 is 1.89 bits per heavy atom.